The van der Waals surface area contributed by atoms with Gasteiger partial charge in [-0.2, -0.15) is 15.2 Å². The van der Waals surface area contributed by atoms with Gasteiger partial charge in [-0.3, -0.25) is 9.36 Å². The zero-order chi connectivity index (χ0) is 22.1. The molecule has 0 bridgehead atoms. The Hall–Kier alpha value is -3.42. The van der Waals surface area contributed by atoms with Crippen molar-refractivity contribution in [1.29, 1.82) is 5.26 Å². The minimum atomic E-state index is -0.487. The average molecular weight is 440 g/mol. The molecule has 0 radical (unpaired) electrons. The maximum absolute atomic E-state index is 13.5. The van der Waals surface area contributed by atoms with Crippen molar-refractivity contribution in [2.24, 2.45) is 0 Å². The molecule has 1 aliphatic heterocycles. The number of nitrogens with two attached hydrogens (primary N) is 2. The number of benzene rings is 1. The Morgan fingerprint density at radius 1 is 1.35 bits per heavy atom. The van der Waals surface area contributed by atoms with Crippen molar-refractivity contribution < 1.29 is 0 Å². The largest absolute Gasteiger partial charge is 0.382 e. The Kier molecular flexibility index (Phi) is 5.63. The van der Waals surface area contributed by atoms with Crippen LogP contribution in [-0.4, -0.2) is 32.6 Å². The SMILES string of the molecule is C[C@H](Nc1nc(N)nc(N)c1C#N)c1nc2cccc(Cl)c2c(=O)n1[C@H]1CCCNC1. The van der Waals surface area contributed by atoms with Gasteiger partial charge in [-0.05, 0) is 38.4 Å². The van der Waals surface area contributed by atoms with Gasteiger partial charge in [-0.1, -0.05) is 17.7 Å². The van der Waals surface area contributed by atoms with E-state index in [4.69, 9.17) is 28.1 Å². The fraction of sp³-hybridized carbons (Fsp3) is 0.350. The molecule has 2 atom stereocenters. The lowest BCUT2D eigenvalue weighted by Crippen LogP contribution is -2.39. The second-order valence-electron chi connectivity index (χ2n) is 7.45. The number of nitriles is 1. The molecule has 160 valence electrons. The molecule has 31 heavy (non-hydrogen) atoms. The highest BCUT2D eigenvalue weighted by Crippen LogP contribution is 2.28. The quantitative estimate of drug-likeness (QED) is 0.476. The van der Waals surface area contributed by atoms with E-state index in [1.54, 1.807) is 22.8 Å². The molecule has 0 spiro atoms. The van der Waals surface area contributed by atoms with E-state index < -0.39 is 6.04 Å². The van der Waals surface area contributed by atoms with Gasteiger partial charge in [-0.15, -0.1) is 0 Å². The van der Waals surface area contributed by atoms with Crippen LogP contribution in [0.1, 0.15) is 43.2 Å². The molecular formula is C20H22ClN9O. The van der Waals surface area contributed by atoms with Gasteiger partial charge >= 0.3 is 0 Å². The summed E-state index contributed by atoms with van der Waals surface area (Å²) >= 11 is 6.34. The summed E-state index contributed by atoms with van der Waals surface area (Å²) in [7, 11) is 0. The molecule has 3 aromatic rings. The van der Waals surface area contributed by atoms with Gasteiger partial charge in [-0.25, -0.2) is 4.98 Å². The number of rotatable bonds is 4. The Morgan fingerprint density at radius 2 is 2.16 bits per heavy atom. The first-order valence-corrected chi connectivity index (χ1v) is 10.3. The lowest BCUT2D eigenvalue weighted by molar-refractivity contribution is 0.351. The molecule has 0 saturated carbocycles. The van der Waals surface area contributed by atoms with Crippen molar-refractivity contribution in [1.82, 2.24) is 24.8 Å². The second-order valence-corrected chi connectivity index (χ2v) is 7.85. The number of nitrogens with one attached hydrogen (secondary N) is 2. The highest BCUT2D eigenvalue weighted by molar-refractivity contribution is 6.35. The number of piperidine rings is 1. The summed E-state index contributed by atoms with van der Waals surface area (Å²) in [5.74, 6) is 0.622. The summed E-state index contributed by atoms with van der Waals surface area (Å²) < 4.78 is 1.69. The molecule has 1 aliphatic rings. The van der Waals surface area contributed by atoms with E-state index in [1.807, 2.05) is 13.0 Å². The number of hydrogen-bond donors (Lipinski definition) is 4. The number of aromatic nitrogens is 4. The van der Waals surface area contributed by atoms with Crippen LogP contribution in [0.2, 0.25) is 5.02 Å². The van der Waals surface area contributed by atoms with Crippen LogP contribution in [0.4, 0.5) is 17.6 Å². The molecule has 3 heterocycles. The first-order chi connectivity index (χ1) is 14.9. The van der Waals surface area contributed by atoms with Crippen LogP contribution in [0.15, 0.2) is 23.0 Å². The number of nitrogen functional groups attached to an aromatic ring is 2. The minimum Gasteiger partial charge on any atom is -0.382 e. The molecule has 4 rings (SSSR count). The fourth-order valence-corrected chi connectivity index (χ4v) is 4.16. The van der Waals surface area contributed by atoms with Crippen molar-refractivity contribution in [3.05, 3.63) is 45.0 Å². The molecule has 1 aromatic carbocycles. The molecule has 11 heteroatoms. The minimum absolute atomic E-state index is 0.0168. The van der Waals surface area contributed by atoms with Crippen LogP contribution in [0.5, 0.6) is 0 Å². The van der Waals surface area contributed by atoms with Crippen LogP contribution in [0.25, 0.3) is 10.9 Å². The van der Waals surface area contributed by atoms with E-state index in [1.165, 1.54) is 0 Å². The van der Waals surface area contributed by atoms with E-state index >= 15 is 0 Å². The summed E-state index contributed by atoms with van der Waals surface area (Å²) in [6, 6.07) is 6.62. The maximum atomic E-state index is 13.5. The Balaban J connectivity index is 1.87. The monoisotopic (exact) mass is 439 g/mol. The number of fused-ring (bicyclic) bond motifs is 1. The molecule has 0 aliphatic carbocycles. The fourth-order valence-electron chi connectivity index (χ4n) is 3.91. The topological polar surface area (TPSA) is 161 Å². The van der Waals surface area contributed by atoms with E-state index in [2.05, 4.69) is 20.6 Å². The highest BCUT2D eigenvalue weighted by atomic mass is 35.5. The number of halogens is 1. The lowest BCUT2D eigenvalue weighted by Gasteiger charge is -2.29. The molecule has 1 fully saturated rings. The summed E-state index contributed by atoms with van der Waals surface area (Å²) in [4.78, 5) is 26.2. The molecule has 0 amide bonds. The normalized spacial score (nSPS) is 17.3. The second kappa shape index (κ2) is 8.37. The standard InChI is InChI=1S/C20H22ClN9O/c1-10(26-17-12(8-22)16(23)28-20(24)29-17)18-27-14-6-2-5-13(21)15(14)19(31)30(18)11-4-3-7-25-9-11/h2,5-6,10-11,25H,3-4,7,9H2,1H3,(H5,23,24,26,28,29)/t10-,11-/m0/s1. The predicted octanol–water partition coefficient (Wildman–Crippen LogP) is 1.97. The first kappa shape index (κ1) is 20.8. The third-order valence-corrected chi connectivity index (χ3v) is 5.66. The van der Waals surface area contributed by atoms with Crippen LogP contribution >= 0.6 is 11.6 Å². The van der Waals surface area contributed by atoms with E-state index in [0.29, 0.717) is 28.3 Å². The van der Waals surface area contributed by atoms with Gasteiger partial charge in [0.15, 0.2) is 5.82 Å². The third kappa shape index (κ3) is 3.85. The third-order valence-electron chi connectivity index (χ3n) is 5.35. The molecule has 6 N–H and O–H groups in total. The van der Waals surface area contributed by atoms with Crippen LogP contribution in [0, 0.1) is 11.3 Å². The van der Waals surface area contributed by atoms with Crippen LogP contribution in [0.3, 0.4) is 0 Å². The Labute approximate surface area is 183 Å². The van der Waals surface area contributed by atoms with Crippen LogP contribution in [-0.2, 0) is 0 Å². The molecular weight excluding hydrogens is 418 g/mol. The highest BCUT2D eigenvalue weighted by Gasteiger charge is 2.26. The zero-order valence-corrected chi connectivity index (χ0v) is 17.6. The predicted molar refractivity (Wildman–Crippen MR) is 120 cm³/mol. The van der Waals surface area contributed by atoms with Crippen molar-refractivity contribution in [2.75, 3.05) is 29.9 Å². The van der Waals surface area contributed by atoms with E-state index in [9.17, 15) is 10.1 Å². The summed E-state index contributed by atoms with van der Waals surface area (Å²) in [6.07, 6.45) is 1.78. The van der Waals surface area contributed by atoms with Crippen molar-refractivity contribution in [3.8, 4) is 6.07 Å². The molecule has 0 unspecified atom stereocenters. The van der Waals surface area contributed by atoms with Gasteiger partial charge < -0.3 is 22.1 Å². The smallest absolute Gasteiger partial charge is 0.263 e. The molecule has 10 nitrogen and oxygen atoms in total. The summed E-state index contributed by atoms with van der Waals surface area (Å²) in [5.41, 5.74) is 11.9. The number of nitrogens with zero attached hydrogens (tertiary/aromatic N) is 5. The lowest BCUT2D eigenvalue weighted by atomic mass is 10.1. The van der Waals surface area contributed by atoms with Gasteiger partial charge in [0.2, 0.25) is 5.95 Å². The maximum Gasteiger partial charge on any atom is 0.263 e. The van der Waals surface area contributed by atoms with Crippen molar-refractivity contribution >= 4 is 40.1 Å². The summed E-state index contributed by atoms with van der Waals surface area (Å²) in [6.45, 7) is 3.38. The van der Waals surface area contributed by atoms with Crippen LogP contribution < -0.4 is 27.7 Å². The average Bonchev–Trinajstić information content (AvgIpc) is 2.74. The van der Waals surface area contributed by atoms with Crippen molar-refractivity contribution in [2.45, 2.75) is 31.8 Å². The van der Waals surface area contributed by atoms with Crippen molar-refractivity contribution in [3.63, 3.8) is 0 Å². The molecule has 2 aromatic heterocycles. The number of hydrogen-bond acceptors (Lipinski definition) is 9. The first-order valence-electron chi connectivity index (χ1n) is 9.91. The van der Waals surface area contributed by atoms with E-state index in [-0.39, 0.29) is 34.7 Å². The van der Waals surface area contributed by atoms with Gasteiger partial charge in [0.25, 0.3) is 5.56 Å². The summed E-state index contributed by atoms with van der Waals surface area (Å²) in [5, 5.41) is 16.7. The Morgan fingerprint density at radius 3 is 2.87 bits per heavy atom. The van der Waals surface area contributed by atoms with Gasteiger partial charge in [0, 0.05) is 6.54 Å². The zero-order valence-electron chi connectivity index (χ0n) is 16.9. The van der Waals surface area contributed by atoms with Gasteiger partial charge in [0.05, 0.1) is 28.0 Å². The Bertz CT molecular complexity index is 1240. The number of anilines is 3. The van der Waals surface area contributed by atoms with Gasteiger partial charge in [0.1, 0.15) is 23.3 Å². The molecule has 1 saturated heterocycles. The van der Waals surface area contributed by atoms with E-state index in [0.717, 1.165) is 19.4 Å².